The molecule has 2 aromatic carbocycles. The van der Waals surface area contributed by atoms with E-state index in [2.05, 4.69) is 0 Å². The van der Waals surface area contributed by atoms with Crippen LogP contribution in [0.15, 0.2) is 29.7 Å². The van der Waals surface area contributed by atoms with Gasteiger partial charge in [-0.1, -0.05) is 12.1 Å². The van der Waals surface area contributed by atoms with Gasteiger partial charge in [0.1, 0.15) is 11.5 Å². The zero-order chi connectivity index (χ0) is 18.1. The largest absolute Gasteiger partial charge is 0.274 e. The van der Waals surface area contributed by atoms with Crippen LogP contribution in [0.4, 0.5) is 32.0 Å². The third-order valence-electron chi connectivity index (χ3n) is 2.76. The Morgan fingerprint density at radius 1 is 0.750 bits per heavy atom. The fourth-order valence-electron chi connectivity index (χ4n) is 1.61. The minimum atomic E-state index is -4.59. The molecule has 24 heavy (non-hydrogen) atoms. The molecule has 0 aromatic heterocycles. The summed E-state index contributed by atoms with van der Waals surface area (Å²) in [6.07, 6.45) is 0.938. The molecule has 10 heteroatoms. The predicted octanol–water partition coefficient (Wildman–Crippen LogP) is 3.93. The van der Waals surface area contributed by atoms with Crippen molar-refractivity contribution in [3.05, 3.63) is 70.1 Å². The fraction of sp³-hybridized carbons (Fsp3) is 0. The summed E-state index contributed by atoms with van der Waals surface area (Å²) in [5, 5.41) is 0.429. The quantitative estimate of drug-likeness (QED) is 0.506. The first-order chi connectivity index (χ1) is 11.1. The average Bonchev–Trinajstić information content (AvgIpc) is 2.55. The van der Waals surface area contributed by atoms with Crippen molar-refractivity contribution < 1.29 is 34.8 Å². The van der Waals surface area contributed by atoms with Gasteiger partial charge in [-0.05, 0) is 23.8 Å². The summed E-state index contributed by atoms with van der Waals surface area (Å²) < 4.78 is 103. The normalized spacial score (nSPS) is 11.9. The lowest BCUT2D eigenvalue weighted by Gasteiger charge is -2.09. The summed E-state index contributed by atoms with van der Waals surface area (Å²) in [7, 11) is -4.59. The Morgan fingerprint density at radius 3 is 1.71 bits per heavy atom. The molecule has 0 spiro atoms. The maximum absolute atomic E-state index is 13.4. The molecule has 0 saturated carbocycles. The second kappa shape index (κ2) is 6.56. The van der Waals surface area contributed by atoms with Crippen molar-refractivity contribution in [3.8, 4) is 0 Å². The predicted molar refractivity (Wildman–Crippen MR) is 74.2 cm³/mol. The lowest BCUT2D eigenvalue weighted by molar-refractivity contribution is 0.382. The van der Waals surface area contributed by atoms with E-state index in [4.69, 9.17) is 0 Å². The van der Waals surface area contributed by atoms with Gasteiger partial charge in [-0.2, -0.15) is 0 Å². The van der Waals surface area contributed by atoms with Crippen LogP contribution in [0.5, 0.6) is 0 Å². The van der Waals surface area contributed by atoms with Crippen molar-refractivity contribution in [1.82, 2.24) is 0 Å². The monoisotopic (exact) mass is 367 g/mol. The average molecular weight is 367 g/mol. The van der Waals surface area contributed by atoms with Gasteiger partial charge in [0.05, 0.1) is 5.41 Å². The Balaban J connectivity index is 2.35. The number of hydrogen-bond acceptors (Lipinski definition) is 2. The highest BCUT2D eigenvalue weighted by molar-refractivity contribution is 7.95. The maximum atomic E-state index is 13.4. The number of anilines is 1. The molecule has 2 rings (SSSR count). The summed E-state index contributed by atoms with van der Waals surface area (Å²) in [5.74, 6) is -12.2. The van der Waals surface area contributed by atoms with Gasteiger partial charge in [-0.15, -0.1) is 0 Å². The van der Waals surface area contributed by atoms with Gasteiger partial charge in [0.25, 0.3) is 10.0 Å². The van der Waals surface area contributed by atoms with Gasteiger partial charge in [-0.25, -0.2) is 34.8 Å². The van der Waals surface area contributed by atoms with E-state index in [1.165, 1.54) is 16.9 Å². The lowest BCUT2D eigenvalue weighted by atomic mass is 10.2. The second-order valence-electron chi connectivity index (χ2n) is 4.45. The number of sulfonamides is 1. The van der Waals surface area contributed by atoms with Crippen LogP contribution in [0.2, 0.25) is 0 Å². The van der Waals surface area contributed by atoms with Crippen LogP contribution in [0, 0.1) is 34.9 Å². The molecule has 0 aliphatic rings. The van der Waals surface area contributed by atoms with Crippen LogP contribution in [-0.2, 0) is 10.0 Å². The molecule has 0 atom stereocenters. The van der Waals surface area contributed by atoms with Gasteiger partial charge in [0.2, 0.25) is 5.82 Å². The van der Waals surface area contributed by atoms with Gasteiger partial charge in [0, 0.05) is 0 Å². The Labute approximate surface area is 132 Å². The zero-order valence-corrected chi connectivity index (χ0v) is 12.3. The van der Waals surface area contributed by atoms with Crippen LogP contribution in [0.3, 0.4) is 0 Å². The van der Waals surface area contributed by atoms with Crippen molar-refractivity contribution in [2.45, 2.75) is 0 Å². The first-order valence-electron chi connectivity index (χ1n) is 6.10. The Kier molecular flexibility index (Phi) is 4.88. The van der Waals surface area contributed by atoms with Gasteiger partial charge < -0.3 is 0 Å². The smallest absolute Gasteiger partial charge is 0.255 e. The van der Waals surface area contributed by atoms with E-state index in [1.807, 2.05) is 0 Å². The van der Waals surface area contributed by atoms with Crippen LogP contribution < -0.4 is 4.72 Å². The molecule has 0 unspecified atom stereocenters. The highest BCUT2D eigenvalue weighted by Crippen LogP contribution is 2.28. The van der Waals surface area contributed by atoms with Gasteiger partial charge >= 0.3 is 0 Å². The number of benzene rings is 2. The van der Waals surface area contributed by atoms with Gasteiger partial charge in [-0.3, -0.25) is 4.72 Å². The van der Waals surface area contributed by atoms with Crippen molar-refractivity contribution in [3.63, 3.8) is 0 Å². The fourth-order valence-corrected chi connectivity index (χ4v) is 2.48. The van der Waals surface area contributed by atoms with E-state index in [0.29, 0.717) is 5.41 Å². The Hall–Kier alpha value is -2.49. The number of nitrogens with one attached hydrogen (secondary N) is 1. The van der Waals surface area contributed by atoms with E-state index < -0.39 is 50.6 Å². The molecule has 0 heterocycles. The molecule has 1 N–H and O–H groups in total. The van der Waals surface area contributed by atoms with E-state index in [9.17, 15) is 34.8 Å². The third kappa shape index (κ3) is 3.70. The third-order valence-corrected chi connectivity index (χ3v) is 3.75. The topological polar surface area (TPSA) is 46.2 Å². The molecule has 0 radical (unpaired) electrons. The van der Waals surface area contributed by atoms with Gasteiger partial charge in [0.15, 0.2) is 23.3 Å². The molecule has 3 nitrogen and oxygen atoms in total. The molecular formula is C14H7F6NO2S. The van der Waals surface area contributed by atoms with E-state index in [0.717, 1.165) is 18.2 Å². The minimum Gasteiger partial charge on any atom is -0.274 e. The first kappa shape index (κ1) is 17.9. The van der Waals surface area contributed by atoms with Crippen LogP contribution in [0.25, 0.3) is 6.08 Å². The second-order valence-corrected chi connectivity index (χ2v) is 6.01. The first-order valence-corrected chi connectivity index (χ1v) is 7.65. The Bertz CT molecular complexity index is 881. The Morgan fingerprint density at radius 2 is 1.21 bits per heavy atom. The standard InChI is InChI=1S/C14H7F6NO2S/c15-8-3-1-7(2-4-8)5-6-24(22,23)21-14-12(19)10(17)9(16)11(18)13(14)20/h1-6,21H/b6-5+. The molecule has 0 saturated heterocycles. The van der Waals surface area contributed by atoms with E-state index in [1.54, 1.807) is 0 Å². The molecule has 0 fully saturated rings. The van der Waals surface area contributed by atoms with Crippen molar-refractivity contribution in [2.24, 2.45) is 0 Å². The van der Waals surface area contributed by atoms with Crippen LogP contribution >= 0.6 is 0 Å². The summed E-state index contributed by atoms with van der Waals surface area (Å²) in [6.45, 7) is 0. The van der Waals surface area contributed by atoms with Crippen LogP contribution in [-0.4, -0.2) is 8.42 Å². The minimum absolute atomic E-state index is 0.221. The van der Waals surface area contributed by atoms with Crippen molar-refractivity contribution in [1.29, 1.82) is 0 Å². The highest BCUT2D eigenvalue weighted by atomic mass is 32.2. The number of hydrogen-bond donors (Lipinski definition) is 1. The number of rotatable bonds is 4. The molecule has 0 amide bonds. The highest BCUT2D eigenvalue weighted by Gasteiger charge is 2.27. The van der Waals surface area contributed by atoms with E-state index in [-0.39, 0.29) is 5.56 Å². The molecule has 0 aliphatic carbocycles. The molecular weight excluding hydrogens is 360 g/mol. The summed E-state index contributed by atoms with van der Waals surface area (Å²) in [5.41, 5.74) is -1.48. The molecule has 0 aliphatic heterocycles. The summed E-state index contributed by atoms with van der Waals surface area (Å²) >= 11 is 0. The van der Waals surface area contributed by atoms with Crippen molar-refractivity contribution in [2.75, 3.05) is 4.72 Å². The summed E-state index contributed by atoms with van der Waals surface area (Å²) in [6, 6.07) is 4.48. The molecule has 2 aromatic rings. The van der Waals surface area contributed by atoms with Crippen LogP contribution in [0.1, 0.15) is 5.56 Å². The SMILES string of the molecule is O=S(=O)(/C=C/c1ccc(F)cc1)Nc1c(F)c(F)c(F)c(F)c1F. The molecule has 0 bridgehead atoms. The lowest BCUT2D eigenvalue weighted by Crippen LogP contribution is -2.15. The van der Waals surface area contributed by atoms with E-state index >= 15 is 0 Å². The summed E-state index contributed by atoms with van der Waals surface area (Å²) in [4.78, 5) is 0. The van der Waals surface area contributed by atoms with Crippen molar-refractivity contribution >= 4 is 21.8 Å². The zero-order valence-electron chi connectivity index (χ0n) is 11.5. The molecule has 128 valence electrons. The number of halogens is 6. The maximum Gasteiger partial charge on any atom is 0.255 e.